The van der Waals surface area contributed by atoms with Crippen molar-refractivity contribution < 1.29 is 31.7 Å². The van der Waals surface area contributed by atoms with Crippen molar-refractivity contribution in [3.8, 4) is 11.3 Å². The van der Waals surface area contributed by atoms with Gasteiger partial charge in [-0.3, -0.25) is 9.59 Å². The van der Waals surface area contributed by atoms with Crippen molar-refractivity contribution in [1.82, 2.24) is 10.1 Å². The molecular weight excluding hydrogens is 454 g/mol. The fourth-order valence-electron chi connectivity index (χ4n) is 3.03. The second kappa shape index (κ2) is 8.99. The molecule has 32 heavy (non-hydrogen) atoms. The molecule has 0 bridgehead atoms. The van der Waals surface area contributed by atoms with Gasteiger partial charge < -0.3 is 14.7 Å². The van der Waals surface area contributed by atoms with Crippen LogP contribution in [0, 0.1) is 12.7 Å². The third-order valence-corrected chi connectivity index (χ3v) is 4.83. The van der Waals surface area contributed by atoms with Crippen LogP contribution in [0.15, 0.2) is 47.0 Å². The van der Waals surface area contributed by atoms with Crippen LogP contribution in [0.2, 0.25) is 5.02 Å². The number of carbonyl (C=O) groups is 2. The minimum absolute atomic E-state index is 0.00324. The lowest BCUT2D eigenvalue weighted by Crippen LogP contribution is -2.35. The number of aromatic nitrogens is 1. The van der Waals surface area contributed by atoms with Gasteiger partial charge in [0.2, 0.25) is 5.91 Å². The molecule has 11 heteroatoms. The number of likely N-dealkylation sites (N-methyl/N-ethyl adjacent to an activating group) is 1. The molecule has 0 aliphatic rings. The Kier molecular flexibility index (Phi) is 6.54. The Labute approximate surface area is 184 Å². The summed E-state index contributed by atoms with van der Waals surface area (Å²) in [5, 5.41) is 5.88. The number of amides is 2. The molecule has 1 heterocycles. The molecular formula is C21H16ClF4N3O3. The molecule has 3 aromatic rings. The van der Waals surface area contributed by atoms with E-state index in [2.05, 4.69) is 10.5 Å². The zero-order valence-electron chi connectivity index (χ0n) is 16.8. The summed E-state index contributed by atoms with van der Waals surface area (Å²) in [5.41, 5.74) is -1.88. The molecule has 1 N–H and O–H groups in total. The fraction of sp³-hybridized carbons (Fsp3) is 0.190. The smallest absolute Gasteiger partial charge is 0.360 e. The number of rotatable bonds is 5. The maximum atomic E-state index is 14.3. The van der Waals surface area contributed by atoms with Gasteiger partial charge >= 0.3 is 6.18 Å². The number of hydrogen-bond acceptors (Lipinski definition) is 4. The monoisotopic (exact) mass is 469 g/mol. The first-order chi connectivity index (χ1) is 15.0. The van der Waals surface area contributed by atoms with E-state index < -0.39 is 41.6 Å². The summed E-state index contributed by atoms with van der Waals surface area (Å²) in [6.45, 7) is 0.839. The highest BCUT2D eigenvalue weighted by molar-refractivity contribution is 6.33. The second-order valence-electron chi connectivity index (χ2n) is 6.81. The molecule has 0 saturated heterocycles. The summed E-state index contributed by atoms with van der Waals surface area (Å²) in [6, 6.07) is 8.39. The minimum Gasteiger partial charge on any atom is -0.360 e. The summed E-state index contributed by atoms with van der Waals surface area (Å²) >= 11 is 6.05. The highest BCUT2D eigenvalue weighted by Gasteiger charge is 2.34. The summed E-state index contributed by atoms with van der Waals surface area (Å²) in [7, 11) is 1.26. The van der Waals surface area contributed by atoms with E-state index in [0.29, 0.717) is 0 Å². The molecule has 0 atom stereocenters. The van der Waals surface area contributed by atoms with Crippen molar-refractivity contribution in [3.63, 3.8) is 0 Å². The molecule has 0 spiro atoms. The quantitative estimate of drug-likeness (QED) is 0.523. The maximum Gasteiger partial charge on any atom is 0.418 e. The number of para-hydroxylation sites is 1. The van der Waals surface area contributed by atoms with Gasteiger partial charge in [0.05, 0.1) is 28.4 Å². The highest BCUT2D eigenvalue weighted by atomic mass is 35.5. The van der Waals surface area contributed by atoms with Crippen LogP contribution in [0.5, 0.6) is 0 Å². The first kappa shape index (κ1) is 23.3. The van der Waals surface area contributed by atoms with Crippen molar-refractivity contribution in [2.24, 2.45) is 0 Å². The zero-order chi connectivity index (χ0) is 23.6. The average molecular weight is 470 g/mol. The van der Waals surface area contributed by atoms with Gasteiger partial charge in [0, 0.05) is 7.05 Å². The second-order valence-corrected chi connectivity index (χ2v) is 7.22. The number of halogens is 5. The van der Waals surface area contributed by atoms with E-state index in [1.165, 1.54) is 38.2 Å². The molecule has 3 rings (SSSR count). The highest BCUT2D eigenvalue weighted by Crippen LogP contribution is 2.35. The van der Waals surface area contributed by atoms with Crippen LogP contribution in [0.4, 0.5) is 23.2 Å². The number of nitrogens with zero attached hydrogens (tertiary/aromatic N) is 2. The number of hydrogen-bond donors (Lipinski definition) is 1. The molecule has 168 valence electrons. The fourth-order valence-corrected chi connectivity index (χ4v) is 3.28. The van der Waals surface area contributed by atoms with Crippen LogP contribution < -0.4 is 5.32 Å². The molecule has 0 fully saturated rings. The first-order valence-corrected chi connectivity index (χ1v) is 9.50. The zero-order valence-corrected chi connectivity index (χ0v) is 17.5. The topological polar surface area (TPSA) is 75.4 Å². The Balaban J connectivity index is 1.83. The van der Waals surface area contributed by atoms with E-state index in [9.17, 15) is 27.2 Å². The van der Waals surface area contributed by atoms with Crippen molar-refractivity contribution in [2.75, 3.05) is 18.9 Å². The molecule has 0 aliphatic carbocycles. The summed E-state index contributed by atoms with van der Waals surface area (Å²) in [6.07, 6.45) is -4.67. The number of nitrogens with one attached hydrogen (secondary N) is 1. The molecule has 2 amide bonds. The van der Waals surface area contributed by atoms with Crippen LogP contribution in [-0.4, -0.2) is 35.5 Å². The third-order valence-electron chi connectivity index (χ3n) is 4.51. The lowest BCUT2D eigenvalue weighted by atomic mass is 10.0. The summed E-state index contributed by atoms with van der Waals surface area (Å²) in [5.74, 6) is -2.29. The van der Waals surface area contributed by atoms with Gasteiger partial charge in [-0.25, -0.2) is 4.39 Å². The Bertz CT molecular complexity index is 1160. The van der Waals surface area contributed by atoms with E-state index in [1.54, 1.807) is 0 Å². The van der Waals surface area contributed by atoms with Gasteiger partial charge in [-0.2, -0.15) is 13.2 Å². The minimum atomic E-state index is -4.67. The summed E-state index contributed by atoms with van der Waals surface area (Å²) in [4.78, 5) is 26.2. The number of alkyl halides is 3. The summed E-state index contributed by atoms with van der Waals surface area (Å²) < 4.78 is 58.7. The van der Waals surface area contributed by atoms with Crippen LogP contribution in [-0.2, 0) is 11.0 Å². The first-order valence-electron chi connectivity index (χ1n) is 9.13. The molecule has 0 unspecified atom stereocenters. The van der Waals surface area contributed by atoms with Crippen molar-refractivity contribution in [2.45, 2.75) is 13.1 Å². The molecule has 1 aromatic heterocycles. The van der Waals surface area contributed by atoms with Gasteiger partial charge in [-0.15, -0.1) is 0 Å². The Morgan fingerprint density at radius 1 is 1.16 bits per heavy atom. The Morgan fingerprint density at radius 3 is 2.50 bits per heavy atom. The predicted molar refractivity (Wildman–Crippen MR) is 109 cm³/mol. The van der Waals surface area contributed by atoms with Crippen molar-refractivity contribution >= 4 is 29.1 Å². The van der Waals surface area contributed by atoms with Crippen LogP contribution in [0.1, 0.15) is 21.7 Å². The molecule has 0 saturated carbocycles. The van der Waals surface area contributed by atoms with E-state index in [0.717, 1.165) is 23.1 Å². The van der Waals surface area contributed by atoms with Crippen molar-refractivity contribution in [1.29, 1.82) is 0 Å². The van der Waals surface area contributed by atoms with E-state index >= 15 is 0 Å². The number of aryl methyl sites for hydroxylation is 1. The molecule has 6 nitrogen and oxygen atoms in total. The normalized spacial score (nSPS) is 11.3. The Hall–Kier alpha value is -3.40. The largest absolute Gasteiger partial charge is 0.418 e. The van der Waals surface area contributed by atoms with E-state index in [-0.39, 0.29) is 27.6 Å². The molecule has 0 radical (unpaired) electrons. The van der Waals surface area contributed by atoms with Gasteiger partial charge in [-0.1, -0.05) is 35.0 Å². The van der Waals surface area contributed by atoms with Crippen LogP contribution in [0.25, 0.3) is 11.3 Å². The van der Waals surface area contributed by atoms with Gasteiger partial charge in [0.15, 0.2) is 0 Å². The van der Waals surface area contributed by atoms with Crippen LogP contribution >= 0.6 is 11.6 Å². The maximum absolute atomic E-state index is 14.3. The number of carbonyl (C=O) groups excluding carboxylic acids is 2. The van der Waals surface area contributed by atoms with E-state index in [1.807, 2.05) is 0 Å². The third kappa shape index (κ3) is 4.75. The lowest BCUT2D eigenvalue weighted by molar-refractivity contribution is -0.137. The molecule has 0 aliphatic heterocycles. The number of benzene rings is 2. The standard InChI is InChI=1S/C21H16ClF4N3O3/c1-11-17(19(28-32-11)18-13(22)7-5-8-14(18)23)20(31)29(2)10-16(30)27-15-9-4-3-6-12(15)21(24,25)26/h3-9H,10H2,1-2H3,(H,27,30). The van der Waals surface area contributed by atoms with Gasteiger partial charge in [0.25, 0.3) is 5.91 Å². The van der Waals surface area contributed by atoms with Crippen molar-refractivity contribution in [3.05, 3.63) is 70.2 Å². The van der Waals surface area contributed by atoms with E-state index in [4.69, 9.17) is 16.1 Å². The van der Waals surface area contributed by atoms with Gasteiger partial charge in [-0.05, 0) is 31.2 Å². The average Bonchev–Trinajstić information content (AvgIpc) is 3.07. The van der Waals surface area contributed by atoms with Crippen LogP contribution in [0.3, 0.4) is 0 Å². The Morgan fingerprint density at radius 2 is 1.84 bits per heavy atom. The van der Waals surface area contributed by atoms with Gasteiger partial charge in [0.1, 0.15) is 22.8 Å². The lowest BCUT2D eigenvalue weighted by Gasteiger charge is -2.18. The predicted octanol–water partition coefficient (Wildman–Crippen LogP) is 5.17. The molecule has 2 aromatic carbocycles. The number of anilines is 1. The SMILES string of the molecule is Cc1onc(-c2c(F)cccc2Cl)c1C(=O)N(C)CC(=O)Nc1ccccc1C(F)(F)F.